The van der Waals surface area contributed by atoms with Gasteiger partial charge < -0.3 is 9.47 Å². The van der Waals surface area contributed by atoms with Gasteiger partial charge in [-0.05, 0) is 44.4 Å². The molecule has 2 heterocycles. The lowest BCUT2D eigenvalue weighted by atomic mass is 9.88. The lowest BCUT2D eigenvalue weighted by Crippen LogP contribution is -2.23. The zero-order valence-corrected chi connectivity index (χ0v) is 10.8. The fourth-order valence-corrected chi connectivity index (χ4v) is 3.14. The summed E-state index contributed by atoms with van der Waals surface area (Å²) in [6.07, 6.45) is 8.76. The SMILES string of the molecule is CC1CC(CC(C)C2CCCCCO2)CO1. The van der Waals surface area contributed by atoms with Gasteiger partial charge in [0, 0.05) is 13.2 Å². The van der Waals surface area contributed by atoms with Crippen molar-refractivity contribution in [2.45, 2.75) is 64.6 Å². The summed E-state index contributed by atoms with van der Waals surface area (Å²) in [7, 11) is 0. The maximum Gasteiger partial charge on any atom is 0.0600 e. The maximum absolute atomic E-state index is 5.96. The molecule has 0 aromatic carbocycles. The normalized spacial score (nSPS) is 38.2. The molecule has 0 saturated carbocycles. The second-order valence-corrected chi connectivity index (χ2v) is 5.72. The van der Waals surface area contributed by atoms with E-state index in [2.05, 4.69) is 13.8 Å². The van der Waals surface area contributed by atoms with Crippen molar-refractivity contribution in [1.82, 2.24) is 0 Å². The smallest absolute Gasteiger partial charge is 0.0600 e. The van der Waals surface area contributed by atoms with Crippen molar-refractivity contribution < 1.29 is 9.47 Å². The molecule has 0 aliphatic carbocycles. The first-order chi connectivity index (χ1) is 7.75. The van der Waals surface area contributed by atoms with Crippen LogP contribution in [0.2, 0.25) is 0 Å². The number of ether oxygens (including phenoxy) is 2. The minimum atomic E-state index is 0.479. The third-order valence-corrected chi connectivity index (χ3v) is 4.09. The van der Waals surface area contributed by atoms with Crippen LogP contribution in [0.3, 0.4) is 0 Å². The molecule has 2 nitrogen and oxygen atoms in total. The second-order valence-electron chi connectivity index (χ2n) is 5.72. The van der Waals surface area contributed by atoms with Crippen LogP contribution in [0.15, 0.2) is 0 Å². The molecule has 0 N–H and O–H groups in total. The van der Waals surface area contributed by atoms with Crippen LogP contribution in [0.1, 0.15) is 52.4 Å². The Hall–Kier alpha value is -0.0800. The Bertz CT molecular complexity index is 197. The van der Waals surface area contributed by atoms with Crippen LogP contribution in [0.25, 0.3) is 0 Å². The second kappa shape index (κ2) is 6.02. The highest BCUT2D eigenvalue weighted by atomic mass is 16.5. The van der Waals surface area contributed by atoms with E-state index < -0.39 is 0 Å². The molecule has 4 unspecified atom stereocenters. The van der Waals surface area contributed by atoms with Gasteiger partial charge in [-0.1, -0.05) is 19.8 Å². The number of hydrogen-bond donors (Lipinski definition) is 0. The Kier molecular flexibility index (Phi) is 4.66. The standard InChI is InChI=1S/C14H26O2/c1-11(8-13-9-12(2)16-10-13)14-6-4-3-5-7-15-14/h11-14H,3-10H2,1-2H3. The van der Waals surface area contributed by atoms with Gasteiger partial charge in [0.05, 0.1) is 12.2 Å². The van der Waals surface area contributed by atoms with Gasteiger partial charge in [0.2, 0.25) is 0 Å². The van der Waals surface area contributed by atoms with E-state index in [1.807, 2.05) is 0 Å². The molecular weight excluding hydrogens is 200 g/mol. The van der Waals surface area contributed by atoms with Crippen LogP contribution in [0.5, 0.6) is 0 Å². The van der Waals surface area contributed by atoms with Crippen molar-refractivity contribution >= 4 is 0 Å². The average molecular weight is 226 g/mol. The predicted octanol–water partition coefficient (Wildman–Crippen LogP) is 3.40. The molecule has 0 amide bonds. The summed E-state index contributed by atoms with van der Waals surface area (Å²) in [5.74, 6) is 1.48. The van der Waals surface area contributed by atoms with E-state index in [-0.39, 0.29) is 0 Å². The fraction of sp³-hybridized carbons (Fsp3) is 1.00. The highest BCUT2D eigenvalue weighted by Gasteiger charge is 2.27. The summed E-state index contributed by atoms with van der Waals surface area (Å²) in [5.41, 5.74) is 0. The Labute approximate surface area is 99.7 Å². The molecule has 16 heavy (non-hydrogen) atoms. The van der Waals surface area contributed by atoms with Crippen molar-refractivity contribution in [3.05, 3.63) is 0 Å². The maximum atomic E-state index is 5.96. The molecule has 2 heteroatoms. The first kappa shape index (κ1) is 12.4. The fourth-order valence-electron chi connectivity index (χ4n) is 3.14. The van der Waals surface area contributed by atoms with Crippen LogP contribution < -0.4 is 0 Å². The Morgan fingerprint density at radius 3 is 2.81 bits per heavy atom. The van der Waals surface area contributed by atoms with Crippen molar-refractivity contribution in [1.29, 1.82) is 0 Å². The molecule has 2 saturated heterocycles. The van der Waals surface area contributed by atoms with Gasteiger partial charge in [0.1, 0.15) is 0 Å². The van der Waals surface area contributed by atoms with E-state index in [4.69, 9.17) is 9.47 Å². The minimum Gasteiger partial charge on any atom is -0.378 e. The average Bonchev–Trinajstić information content (AvgIpc) is 2.56. The molecule has 2 aliphatic rings. The van der Waals surface area contributed by atoms with Crippen molar-refractivity contribution in [2.75, 3.05) is 13.2 Å². The monoisotopic (exact) mass is 226 g/mol. The lowest BCUT2D eigenvalue weighted by Gasteiger charge is -2.24. The van der Waals surface area contributed by atoms with Crippen molar-refractivity contribution in [2.24, 2.45) is 11.8 Å². The van der Waals surface area contributed by atoms with E-state index in [0.29, 0.717) is 18.1 Å². The van der Waals surface area contributed by atoms with E-state index in [0.717, 1.165) is 19.1 Å². The van der Waals surface area contributed by atoms with Crippen LogP contribution in [0, 0.1) is 11.8 Å². The van der Waals surface area contributed by atoms with Gasteiger partial charge in [0.25, 0.3) is 0 Å². The van der Waals surface area contributed by atoms with Gasteiger partial charge in [-0.2, -0.15) is 0 Å². The molecule has 2 rings (SSSR count). The van der Waals surface area contributed by atoms with Crippen LogP contribution >= 0.6 is 0 Å². The quantitative estimate of drug-likeness (QED) is 0.734. The predicted molar refractivity (Wildman–Crippen MR) is 65.5 cm³/mol. The molecule has 0 bridgehead atoms. The molecule has 94 valence electrons. The number of rotatable bonds is 3. The van der Waals surface area contributed by atoms with Crippen LogP contribution in [0.4, 0.5) is 0 Å². The topological polar surface area (TPSA) is 18.5 Å². The highest BCUT2D eigenvalue weighted by molar-refractivity contribution is 4.77. The summed E-state index contributed by atoms with van der Waals surface area (Å²) in [4.78, 5) is 0. The molecule has 0 aromatic rings. The van der Waals surface area contributed by atoms with Gasteiger partial charge in [-0.15, -0.1) is 0 Å². The van der Waals surface area contributed by atoms with E-state index in [1.54, 1.807) is 0 Å². The first-order valence-electron chi connectivity index (χ1n) is 6.99. The van der Waals surface area contributed by atoms with Crippen LogP contribution in [-0.4, -0.2) is 25.4 Å². The molecule has 4 atom stereocenters. The summed E-state index contributed by atoms with van der Waals surface area (Å²) < 4.78 is 11.6. The zero-order valence-electron chi connectivity index (χ0n) is 10.8. The van der Waals surface area contributed by atoms with E-state index in [9.17, 15) is 0 Å². The summed E-state index contributed by atoms with van der Waals surface area (Å²) in [6, 6.07) is 0. The summed E-state index contributed by atoms with van der Waals surface area (Å²) in [6.45, 7) is 6.50. The van der Waals surface area contributed by atoms with Gasteiger partial charge in [-0.3, -0.25) is 0 Å². The van der Waals surface area contributed by atoms with Gasteiger partial charge in [-0.25, -0.2) is 0 Å². The Balaban J connectivity index is 1.75. The minimum absolute atomic E-state index is 0.479. The summed E-state index contributed by atoms with van der Waals surface area (Å²) >= 11 is 0. The summed E-state index contributed by atoms with van der Waals surface area (Å²) in [5, 5.41) is 0. The zero-order chi connectivity index (χ0) is 11.4. The van der Waals surface area contributed by atoms with Gasteiger partial charge in [0.15, 0.2) is 0 Å². The van der Waals surface area contributed by atoms with Crippen molar-refractivity contribution in [3.63, 3.8) is 0 Å². The molecule has 0 radical (unpaired) electrons. The Morgan fingerprint density at radius 2 is 2.06 bits per heavy atom. The van der Waals surface area contributed by atoms with Gasteiger partial charge >= 0.3 is 0 Å². The molecule has 0 spiro atoms. The lowest BCUT2D eigenvalue weighted by molar-refractivity contribution is 0.0138. The molecule has 2 fully saturated rings. The third kappa shape index (κ3) is 3.46. The van der Waals surface area contributed by atoms with E-state index in [1.165, 1.54) is 38.5 Å². The largest absolute Gasteiger partial charge is 0.378 e. The van der Waals surface area contributed by atoms with Crippen molar-refractivity contribution in [3.8, 4) is 0 Å². The Morgan fingerprint density at radius 1 is 1.19 bits per heavy atom. The molecule has 2 aliphatic heterocycles. The van der Waals surface area contributed by atoms with Crippen LogP contribution in [-0.2, 0) is 9.47 Å². The first-order valence-corrected chi connectivity index (χ1v) is 6.99. The molecule has 0 aromatic heterocycles. The third-order valence-electron chi connectivity index (χ3n) is 4.09. The molecular formula is C14H26O2. The van der Waals surface area contributed by atoms with E-state index >= 15 is 0 Å². The number of hydrogen-bond acceptors (Lipinski definition) is 2. The highest BCUT2D eigenvalue weighted by Crippen LogP contribution is 2.30.